The molecule has 0 bridgehead atoms. The van der Waals surface area contributed by atoms with Crippen molar-refractivity contribution in [2.75, 3.05) is 0 Å². The molecule has 0 saturated heterocycles. The van der Waals surface area contributed by atoms with Gasteiger partial charge in [0.1, 0.15) is 5.69 Å². The Morgan fingerprint density at radius 3 is 2.73 bits per heavy atom. The number of alkyl halides is 3. The molecule has 0 spiro atoms. The lowest BCUT2D eigenvalue weighted by atomic mass is 10.0. The van der Waals surface area contributed by atoms with Crippen LogP contribution in [0.5, 0.6) is 0 Å². The molecule has 0 amide bonds. The van der Waals surface area contributed by atoms with Gasteiger partial charge >= 0.3 is 12.1 Å². The number of hydrogen-bond donors (Lipinski definition) is 1. The summed E-state index contributed by atoms with van der Waals surface area (Å²) in [4.78, 5) is 10.5. The van der Waals surface area contributed by atoms with E-state index in [9.17, 15) is 18.0 Å². The summed E-state index contributed by atoms with van der Waals surface area (Å²) in [6.45, 7) is 0.0309. The number of hydrogen-bond acceptors (Lipinski definition) is 4. The van der Waals surface area contributed by atoms with Gasteiger partial charge in [0.15, 0.2) is 0 Å². The van der Waals surface area contributed by atoms with Crippen LogP contribution < -0.4 is 0 Å². The molecule has 1 N–H and O–H groups in total. The Morgan fingerprint density at radius 1 is 1.41 bits per heavy atom. The van der Waals surface area contributed by atoms with Crippen molar-refractivity contribution in [3.05, 3.63) is 35.5 Å². The molecular formula is C13H9F3N4O2. The minimum atomic E-state index is -4.54. The number of carboxylic acid groups (broad SMARTS) is 1. The largest absolute Gasteiger partial charge is 0.481 e. The Hall–Kier alpha value is -2.89. The lowest BCUT2D eigenvalue weighted by molar-refractivity contribution is -0.138. The number of benzene rings is 1. The first-order chi connectivity index (χ1) is 10.3. The quantitative estimate of drug-likeness (QED) is 0.935. The summed E-state index contributed by atoms with van der Waals surface area (Å²) >= 11 is 0. The van der Waals surface area contributed by atoms with E-state index in [1.807, 2.05) is 0 Å². The zero-order chi connectivity index (χ0) is 16.3. The van der Waals surface area contributed by atoms with Crippen LogP contribution in [-0.2, 0) is 17.5 Å². The minimum Gasteiger partial charge on any atom is -0.481 e. The maximum Gasteiger partial charge on any atom is 0.416 e. The molecule has 9 heteroatoms. The zero-order valence-electron chi connectivity index (χ0n) is 11.0. The van der Waals surface area contributed by atoms with Gasteiger partial charge in [0.2, 0.25) is 0 Å². The Morgan fingerprint density at radius 2 is 2.14 bits per heavy atom. The molecule has 0 aliphatic rings. The second-order valence-electron chi connectivity index (χ2n) is 4.38. The van der Waals surface area contributed by atoms with E-state index in [0.717, 1.165) is 18.2 Å². The molecule has 6 nitrogen and oxygen atoms in total. The number of aliphatic carboxylic acids is 1. The van der Waals surface area contributed by atoms with Crippen molar-refractivity contribution in [2.45, 2.75) is 19.1 Å². The van der Waals surface area contributed by atoms with Gasteiger partial charge < -0.3 is 5.11 Å². The fraction of sp³-hybridized carbons (Fsp3) is 0.231. The second kappa shape index (κ2) is 5.85. The van der Waals surface area contributed by atoms with Crippen LogP contribution in [0.1, 0.15) is 17.5 Å². The predicted octanol–water partition coefficient (Wildman–Crippen LogP) is 2.31. The molecule has 0 unspecified atom stereocenters. The van der Waals surface area contributed by atoms with E-state index in [-0.39, 0.29) is 29.8 Å². The zero-order valence-corrected chi connectivity index (χ0v) is 11.0. The average molecular weight is 310 g/mol. The smallest absolute Gasteiger partial charge is 0.416 e. The normalized spacial score (nSPS) is 11.2. The van der Waals surface area contributed by atoms with Crippen LogP contribution in [0.25, 0.3) is 11.3 Å². The van der Waals surface area contributed by atoms with E-state index in [1.165, 1.54) is 10.9 Å². The fourth-order valence-electron chi connectivity index (χ4n) is 1.77. The van der Waals surface area contributed by atoms with Crippen LogP contribution in [-0.4, -0.2) is 26.1 Å². The minimum absolute atomic E-state index is 0.00102. The van der Waals surface area contributed by atoms with E-state index >= 15 is 0 Å². The highest BCUT2D eigenvalue weighted by Crippen LogP contribution is 2.33. The first-order valence-corrected chi connectivity index (χ1v) is 6.05. The third-order valence-corrected chi connectivity index (χ3v) is 2.84. The summed E-state index contributed by atoms with van der Waals surface area (Å²) in [5, 5.41) is 24.9. The molecule has 0 radical (unpaired) electrons. The molecule has 0 atom stereocenters. The van der Waals surface area contributed by atoms with Gasteiger partial charge in [-0.15, -0.1) is 5.10 Å². The number of nitrogens with zero attached hydrogens (tertiary/aromatic N) is 4. The number of aryl methyl sites for hydroxylation is 1. The first kappa shape index (κ1) is 15.5. The second-order valence-corrected chi connectivity index (χ2v) is 4.38. The summed E-state index contributed by atoms with van der Waals surface area (Å²) in [7, 11) is 0. The van der Waals surface area contributed by atoms with Crippen LogP contribution >= 0.6 is 0 Å². The van der Waals surface area contributed by atoms with Crippen LogP contribution in [0.15, 0.2) is 24.4 Å². The molecule has 2 aromatic rings. The van der Waals surface area contributed by atoms with Gasteiger partial charge in [-0.3, -0.25) is 9.48 Å². The van der Waals surface area contributed by atoms with Crippen molar-refractivity contribution in [1.29, 1.82) is 5.26 Å². The summed E-state index contributed by atoms with van der Waals surface area (Å²) in [5.41, 5.74) is -0.799. The van der Waals surface area contributed by atoms with Gasteiger partial charge in [0.25, 0.3) is 0 Å². The molecule has 1 heterocycles. The molecule has 22 heavy (non-hydrogen) atoms. The van der Waals surface area contributed by atoms with Crippen LogP contribution in [0, 0.1) is 11.3 Å². The van der Waals surface area contributed by atoms with E-state index < -0.39 is 17.7 Å². The predicted molar refractivity (Wildman–Crippen MR) is 67.4 cm³/mol. The fourth-order valence-corrected chi connectivity index (χ4v) is 1.77. The van der Waals surface area contributed by atoms with Gasteiger partial charge in [-0.2, -0.15) is 18.4 Å². The van der Waals surface area contributed by atoms with Crippen molar-refractivity contribution >= 4 is 5.97 Å². The summed E-state index contributed by atoms with van der Waals surface area (Å²) in [5.74, 6) is -1.03. The standard InChI is InChI=1S/C13H9F3N4O2/c14-13(15,16)9-2-1-8(6-17)10(5-9)11-7-20(19-18-11)4-3-12(21)22/h1-2,5,7H,3-4H2,(H,21,22). The van der Waals surface area contributed by atoms with Crippen LogP contribution in [0.2, 0.25) is 0 Å². The average Bonchev–Trinajstić information content (AvgIpc) is 2.92. The highest BCUT2D eigenvalue weighted by molar-refractivity contribution is 5.68. The molecular weight excluding hydrogens is 301 g/mol. The Kier molecular flexibility index (Phi) is 4.12. The Labute approximate surface area is 122 Å². The topological polar surface area (TPSA) is 91.8 Å². The van der Waals surface area contributed by atoms with Crippen molar-refractivity contribution in [2.24, 2.45) is 0 Å². The third kappa shape index (κ3) is 3.41. The number of nitriles is 1. The monoisotopic (exact) mass is 310 g/mol. The SMILES string of the molecule is N#Cc1ccc(C(F)(F)F)cc1-c1cn(CCC(=O)O)nn1. The van der Waals surface area contributed by atoms with Crippen molar-refractivity contribution in [1.82, 2.24) is 15.0 Å². The first-order valence-electron chi connectivity index (χ1n) is 6.05. The molecule has 0 aliphatic heterocycles. The molecule has 0 saturated carbocycles. The highest BCUT2D eigenvalue weighted by atomic mass is 19.4. The number of halogens is 3. The Balaban J connectivity index is 2.39. The Bertz CT molecular complexity index is 746. The lowest BCUT2D eigenvalue weighted by Gasteiger charge is -2.08. The van der Waals surface area contributed by atoms with E-state index in [4.69, 9.17) is 10.4 Å². The summed E-state index contributed by atoms with van der Waals surface area (Å²) in [6.07, 6.45) is -3.43. The van der Waals surface area contributed by atoms with Crippen LogP contribution in [0.3, 0.4) is 0 Å². The van der Waals surface area contributed by atoms with Gasteiger partial charge in [-0.05, 0) is 18.2 Å². The number of rotatable bonds is 4. The lowest BCUT2D eigenvalue weighted by Crippen LogP contribution is -2.05. The van der Waals surface area contributed by atoms with E-state index in [1.54, 1.807) is 6.07 Å². The molecule has 2 rings (SSSR count). The molecule has 0 fully saturated rings. The van der Waals surface area contributed by atoms with Gasteiger partial charge in [-0.1, -0.05) is 5.21 Å². The maximum atomic E-state index is 12.7. The number of aromatic nitrogens is 3. The third-order valence-electron chi connectivity index (χ3n) is 2.84. The van der Waals surface area contributed by atoms with E-state index in [2.05, 4.69) is 10.3 Å². The van der Waals surface area contributed by atoms with Gasteiger partial charge in [0, 0.05) is 5.56 Å². The summed E-state index contributed by atoms with van der Waals surface area (Å²) < 4.78 is 39.4. The number of carbonyl (C=O) groups is 1. The molecule has 114 valence electrons. The van der Waals surface area contributed by atoms with Crippen LogP contribution in [0.4, 0.5) is 13.2 Å². The maximum absolute atomic E-state index is 12.7. The van der Waals surface area contributed by atoms with Crippen molar-refractivity contribution in [3.8, 4) is 17.3 Å². The van der Waals surface area contributed by atoms with Crippen molar-refractivity contribution < 1.29 is 23.1 Å². The van der Waals surface area contributed by atoms with Crippen molar-refractivity contribution in [3.63, 3.8) is 0 Å². The summed E-state index contributed by atoms with van der Waals surface area (Å²) in [6, 6.07) is 4.50. The van der Waals surface area contributed by atoms with Gasteiger partial charge in [0.05, 0.1) is 36.4 Å². The molecule has 1 aromatic carbocycles. The molecule has 0 aliphatic carbocycles. The molecule has 1 aromatic heterocycles. The van der Waals surface area contributed by atoms with E-state index in [0.29, 0.717) is 0 Å². The van der Waals surface area contributed by atoms with Gasteiger partial charge in [-0.25, -0.2) is 0 Å². The number of carboxylic acids is 1. The highest BCUT2D eigenvalue weighted by Gasteiger charge is 2.31.